The number of hydrogen-bond donors (Lipinski definition) is 1. The molecule has 4 unspecified atom stereocenters. The molecule has 4 atom stereocenters. The Morgan fingerprint density at radius 1 is 1.19 bits per heavy atom. The van der Waals surface area contributed by atoms with Crippen LogP contribution in [0, 0.1) is 23.6 Å². The molecular weight excluding hydrogens is 284 g/mol. The van der Waals surface area contributed by atoms with Gasteiger partial charge in [-0.2, -0.15) is 13.2 Å². The third kappa shape index (κ3) is 2.93. The summed E-state index contributed by atoms with van der Waals surface area (Å²) in [5.74, 6) is 0.588. The van der Waals surface area contributed by atoms with E-state index in [2.05, 4.69) is 0 Å². The van der Waals surface area contributed by atoms with Crippen LogP contribution in [0.2, 0.25) is 0 Å². The molecule has 2 fully saturated rings. The van der Waals surface area contributed by atoms with Crippen LogP contribution in [-0.2, 0) is 6.18 Å². The second-order valence-corrected chi connectivity index (χ2v) is 6.42. The first kappa shape index (κ1) is 14.8. The van der Waals surface area contributed by atoms with Crippen molar-refractivity contribution >= 4 is 0 Å². The first-order valence-corrected chi connectivity index (χ1v) is 7.39. The number of benzene rings is 1. The highest BCUT2D eigenvalue weighted by atomic mass is 19.4. The van der Waals surface area contributed by atoms with E-state index in [9.17, 15) is 22.7 Å². The number of aliphatic hydroxyl groups excluding tert-OH is 1. The number of rotatable bonds is 3. The molecule has 2 aliphatic rings. The highest BCUT2D eigenvalue weighted by Gasteiger charge is 2.41. The first-order chi connectivity index (χ1) is 9.84. The molecule has 1 aromatic carbocycles. The van der Waals surface area contributed by atoms with E-state index in [0.717, 1.165) is 31.4 Å². The fourth-order valence-electron chi connectivity index (χ4n) is 4.14. The molecule has 2 aliphatic carbocycles. The smallest absolute Gasteiger partial charge is 0.388 e. The molecule has 116 valence electrons. The van der Waals surface area contributed by atoms with Gasteiger partial charge < -0.3 is 5.11 Å². The van der Waals surface area contributed by atoms with Crippen molar-refractivity contribution in [3.8, 4) is 0 Å². The lowest BCUT2D eigenvalue weighted by atomic mass is 9.83. The molecule has 0 heterocycles. The Kier molecular flexibility index (Phi) is 3.72. The Morgan fingerprint density at radius 3 is 2.52 bits per heavy atom. The van der Waals surface area contributed by atoms with Gasteiger partial charge in [-0.25, -0.2) is 4.39 Å². The number of hydrogen-bond acceptors (Lipinski definition) is 1. The first-order valence-electron chi connectivity index (χ1n) is 7.39. The Morgan fingerprint density at radius 2 is 1.95 bits per heavy atom. The minimum absolute atomic E-state index is 0.202. The van der Waals surface area contributed by atoms with Crippen LogP contribution in [0.25, 0.3) is 0 Å². The van der Waals surface area contributed by atoms with Gasteiger partial charge in [0.05, 0.1) is 11.7 Å². The van der Waals surface area contributed by atoms with Crippen LogP contribution in [0.5, 0.6) is 0 Å². The van der Waals surface area contributed by atoms with E-state index in [-0.39, 0.29) is 5.56 Å². The maximum atomic E-state index is 13.1. The molecule has 0 aromatic heterocycles. The van der Waals surface area contributed by atoms with Crippen LogP contribution >= 0.6 is 0 Å². The quantitative estimate of drug-likeness (QED) is 0.802. The summed E-state index contributed by atoms with van der Waals surface area (Å²) in [5, 5.41) is 10.2. The lowest BCUT2D eigenvalue weighted by Gasteiger charge is -2.25. The van der Waals surface area contributed by atoms with Crippen molar-refractivity contribution in [2.24, 2.45) is 17.8 Å². The van der Waals surface area contributed by atoms with Crippen molar-refractivity contribution in [2.75, 3.05) is 0 Å². The van der Waals surface area contributed by atoms with Gasteiger partial charge in [0.25, 0.3) is 0 Å². The normalized spacial score (nSPS) is 29.9. The van der Waals surface area contributed by atoms with Gasteiger partial charge in [0.1, 0.15) is 5.82 Å². The zero-order valence-corrected chi connectivity index (χ0v) is 11.5. The van der Waals surface area contributed by atoms with Gasteiger partial charge in [-0.05, 0) is 61.1 Å². The molecule has 0 spiro atoms. The van der Waals surface area contributed by atoms with E-state index >= 15 is 0 Å². The summed E-state index contributed by atoms with van der Waals surface area (Å²) >= 11 is 0. The van der Waals surface area contributed by atoms with Crippen molar-refractivity contribution in [2.45, 2.75) is 44.4 Å². The fraction of sp³-hybridized carbons (Fsp3) is 0.625. The average Bonchev–Trinajstić information content (AvgIpc) is 2.99. The van der Waals surface area contributed by atoms with Crippen molar-refractivity contribution in [3.05, 3.63) is 35.1 Å². The van der Waals surface area contributed by atoms with E-state index < -0.39 is 23.7 Å². The van der Waals surface area contributed by atoms with Crippen LogP contribution in [-0.4, -0.2) is 5.11 Å². The molecule has 1 N–H and O–H groups in total. The summed E-state index contributed by atoms with van der Waals surface area (Å²) in [6.07, 6.45) is -0.995. The lowest BCUT2D eigenvalue weighted by Crippen LogP contribution is -2.17. The van der Waals surface area contributed by atoms with E-state index in [1.165, 1.54) is 6.42 Å². The maximum absolute atomic E-state index is 13.1. The van der Waals surface area contributed by atoms with Gasteiger partial charge in [-0.1, -0.05) is 12.5 Å². The SMILES string of the molecule is OC(CC1CC2CCC1C2)c1ccc(F)cc1C(F)(F)F. The van der Waals surface area contributed by atoms with Crippen LogP contribution in [0.15, 0.2) is 18.2 Å². The third-order valence-corrected chi connectivity index (χ3v) is 5.09. The largest absolute Gasteiger partial charge is 0.416 e. The van der Waals surface area contributed by atoms with Gasteiger partial charge in [-0.3, -0.25) is 0 Å². The van der Waals surface area contributed by atoms with Gasteiger partial charge in [0, 0.05) is 0 Å². The minimum Gasteiger partial charge on any atom is -0.388 e. The predicted molar refractivity (Wildman–Crippen MR) is 69.9 cm³/mol. The van der Waals surface area contributed by atoms with E-state index in [0.29, 0.717) is 30.2 Å². The Hall–Kier alpha value is -1.10. The number of halogens is 4. The van der Waals surface area contributed by atoms with Crippen LogP contribution < -0.4 is 0 Å². The van der Waals surface area contributed by atoms with Crippen LogP contribution in [0.1, 0.15) is 49.3 Å². The molecule has 21 heavy (non-hydrogen) atoms. The van der Waals surface area contributed by atoms with Crippen molar-refractivity contribution in [3.63, 3.8) is 0 Å². The summed E-state index contributed by atoms with van der Waals surface area (Å²) in [5.41, 5.74) is -1.26. The van der Waals surface area contributed by atoms with Gasteiger partial charge in [0.15, 0.2) is 0 Å². The second kappa shape index (κ2) is 5.27. The van der Waals surface area contributed by atoms with Crippen LogP contribution in [0.4, 0.5) is 17.6 Å². The summed E-state index contributed by atoms with van der Waals surface area (Å²) in [7, 11) is 0. The summed E-state index contributed by atoms with van der Waals surface area (Å²) in [6, 6.07) is 2.52. The second-order valence-electron chi connectivity index (χ2n) is 6.42. The number of fused-ring (bicyclic) bond motifs is 2. The highest BCUT2D eigenvalue weighted by Crippen LogP contribution is 2.51. The average molecular weight is 302 g/mol. The monoisotopic (exact) mass is 302 g/mol. The van der Waals surface area contributed by atoms with Gasteiger partial charge in [0.2, 0.25) is 0 Å². The molecule has 1 nitrogen and oxygen atoms in total. The van der Waals surface area contributed by atoms with Crippen molar-refractivity contribution in [1.82, 2.24) is 0 Å². The zero-order valence-electron chi connectivity index (χ0n) is 11.5. The summed E-state index contributed by atoms with van der Waals surface area (Å²) in [6.45, 7) is 0. The summed E-state index contributed by atoms with van der Waals surface area (Å²) in [4.78, 5) is 0. The van der Waals surface area contributed by atoms with Gasteiger partial charge >= 0.3 is 6.18 Å². The van der Waals surface area contributed by atoms with E-state index in [1.54, 1.807) is 0 Å². The topological polar surface area (TPSA) is 20.2 Å². The molecule has 0 amide bonds. The molecule has 0 radical (unpaired) electrons. The minimum atomic E-state index is -4.65. The molecule has 1 aromatic rings. The molecule has 5 heteroatoms. The molecule has 3 rings (SSSR count). The molecule has 0 saturated heterocycles. The Labute approximate surface area is 121 Å². The number of aliphatic hydroxyl groups is 1. The molecular formula is C16H18F4O. The van der Waals surface area contributed by atoms with Crippen molar-refractivity contribution in [1.29, 1.82) is 0 Å². The van der Waals surface area contributed by atoms with Gasteiger partial charge in [-0.15, -0.1) is 0 Å². The lowest BCUT2D eigenvalue weighted by molar-refractivity contribution is -0.139. The fourth-order valence-corrected chi connectivity index (χ4v) is 4.14. The zero-order chi connectivity index (χ0) is 15.2. The predicted octanol–water partition coefficient (Wildman–Crippen LogP) is 4.70. The number of alkyl halides is 3. The summed E-state index contributed by atoms with van der Waals surface area (Å²) < 4.78 is 52.0. The molecule has 2 saturated carbocycles. The highest BCUT2D eigenvalue weighted by molar-refractivity contribution is 5.32. The molecule has 2 bridgehead atoms. The Bertz CT molecular complexity index is 525. The maximum Gasteiger partial charge on any atom is 0.416 e. The van der Waals surface area contributed by atoms with Crippen LogP contribution in [0.3, 0.4) is 0 Å². The van der Waals surface area contributed by atoms with E-state index in [1.807, 2.05) is 0 Å². The third-order valence-electron chi connectivity index (χ3n) is 5.09. The Balaban J connectivity index is 1.79. The van der Waals surface area contributed by atoms with Crippen molar-refractivity contribution < 1.29 is 22.7 Å². The standard InChI is InChI=1S/C16H18F4O/c17-12-3-4-13(14(8-12)16(18,19)20)15(21)7-11-6-9-1-2-10(11)5-9/h3-4,8-11,15,21H,1-2,5-7H2. The van der Waals surface area contributed by atoms with E-state index in [4.69, 9.17) is 0 Å². The molecule has 0 aliphatic heterocycles.